The van der Waals surface area contributed by atoms with E-state index in [2.05, 4.69) is 13.8 Å². The van der Waals surface area contributed by atoms with Gasteiger partial charge in [0, 0.05) is 5.88 Å². The Bertz CT molecular complexity index is 428. The summed E-state index contributed by atoms with van der Waals surface area (Å²) in [5.74, 6) is 0.553. The van der Waals surface area contributed by atoms with Gasteiger partial charge in [0.15, 0.2) is 0 Å². The van der Waals surface area contributed by atoms with Crippen LogP contribution in [0, 0.1) is 12.5 Å². The molecule has 3 heteroatoms. The zero-order chi connectivity index (χ0) is 16.9. The first-order valence-electron chi connectivity index (χ1n) is 8.90. The van der Waals surface area contributed by atoms with Crippen LogP contribution in [0.1, 0.15) is 81.1 Å². The van der Waals surface area contributed by atoms with Crippen LogP contribution in [-0.4, -0.2) is 5.97 Å². The van der Waals surface area contributed by atoms with Gasteiger partial charge in [-0.1, -0.05) is 64.5 Å². The maximum absolute atomic E-state index is 12.1. The maximum Gasteiger partial charge on any atom is 0.338 e. The van der Waals surface area contributed by atoms with E-state index in [0.717, 1.165) is 18.4 Å². The van der Waals surface area contributed by atoms with Crippen molar-refractivity contribution in [2.45, 2.75) is 71.1 Å². The lowest BCUT2D eigenvalue weighted by atomic mass is 9.96. The van der Waals surface area contributed by atoms with E-state index in [0.29, 0.717) is 17.4 Å². The highest BCUT2D eigenvalue weighted by molar-refractivity contribution is 6.17. The van der Waals surface area contributed by atoms with Crippen LogP contribution in [0.2, 0.25) is 0 Å². The number of rotatable bonds is 12. The summed E-state index contributed by atoms with van der Waals surface area (Å²) < 4.78 is 5.42. The third-order valence-electron chi connectivity index (χ3n) is 4.07. The van der Waals surface area contributed by atoms with Gasteiger partial charge in [-0.3, -0.25) is 0 Å². The Morgan fingerprint density at radius 3 is 2.30 bits per heavy atom. The summed E-state index contributed by atoms with van der Waals surface area (Å²) in [5.41, 5.74) is 1.58. The number of carbonyl (C=O) groups excluding carboxylic acids is 1. The van der Waals surface area contributed by atoms with E-state index in [9.17, 15) is 4.79 Å². The van der Waals surface area contributed by atoms with Crippen LogP contribution in [0.25, 0.3) is 0 Å². The molecule has 1 radical (unpaired) electrons. The van der Waals surface area contributed by atoms with Crippen molar-refractivity contribution in [1.82, 2.24) is 0 Å². The SMILES string of the molecule is CCCCCCC([CH]OC(=O)c1ccc(CCl)cc1)CCCC. The quantitative estimate of drug-likeness (QED) is 0.246. The molecule has 0 aliphatic heterocycles. The second-order valence-electron chi connectivity index (χ2n) is 6.12. The summed E-state index contributed by atoms with van der Waals surface area (Å²) in [6.07, 6.45) is 9.56. The molecule has 0 aliphatic carbocycles. The van der Waals surface area contributed by atoms with Crippen LogP contribution in [0.15, 0.2) is 24.3 Å². The van der Waals surface area contributed by atoms with Crippen molar-refractivity contribution >= 4 is 17.6 Å². The third kappa shape index (κ3) is 8.41. The highest BCUT2D eigenvalue weighted by Crippen LogP contribution is 2.21. The van der Waals surface area contributed by atoms with Gasteiger partial charge in [-0.05, 0) is 36.5 Å². The number of hydrogen-bond acceptors (Lipinski definition) is 2. The van der Waals surface area contributed by atoms with Crippen LogP contribution >= 0.6 is 11.6 Å². The standard InChI is InChI=1S/C20H30ClO2/c1-3-5-7-8-10-18(9-6-4-2)16-23-20(22)19-13-11-17(15-21)12-14-19/h11-14,16,18H,3-10,15H2,1-2H3. The first-order valence-corrected chi connectivity index (χ1v) is 9.43. The van der Waals surface area contributed by atoms with Crippen LogP contribution in [0.3, 0.4) is 0 Å². The Hall–Kier alpha value is -1.02. The minimum atomic E-state index is -0.277. The average Bonchev–Trinajstić information content (AvgIpc) is 2.60. The van der Waals surface area contributed by atoms with E-state index in [1.165, 1.54) is 38.5 Å². The molecular formula is C20H30ClO2. The summed E-state index contributed by atoms with van der Waals surface area (Å²) in [7, 11) is 0. The molecule has 0 saturated heterocycles. The van der Waals surface area contributed by atoms with Gasteiger partial charge in [-0.25, -0.2) is 4.79 Å². The molecule has 0 heterocycles. The minimum absolute atomic E-state index is 0.277. The van der Waals surface area contributed by atoms with Gasteiger partial charge in [-0.2, -0.15) is 0 Å². The lowest BCUT2D eigenvalue weighted by Gasteiger charge is -2.16. The number of benzene rings is 1. The molecular weight excluding hydrogens is 308 g/mol. The molecule has 1 atom stereocenters. The first-order chi connectivity index (χ1) is 11.2. The molecule has 0 amide bonds. The molecule has 0 fully saturated rings. The topological polar surface area (TPSA) is 26.3 Å². The summed E-state index contributed by atoms with van der Waals surface area (Å²) in [6.45, 7) is 6.18. The van der Waals surface area contributed by atoms with Crippen molar-refractivity contribution in [1.29, 1.82) is 0 Å². The molecule has 0 spiro atoms. The second-order valence-corrected chi connectivity index (χ2v) is 6.39. The zero-order valence-corrected chi connectivity index (χ0v) is 15.3. The fourth-order valence-corrected chi connectivity index (χ4v) is 2.71. The normalized spacial score (nSPS) is 12.1. The largest absolute Gasteiger partial charge is 0.455 e. The van der Waals surface area contributed by atoms with Gasteiger partial charge in [0.2, 0.25) is 0 Å². The van der Waals surface area contributed by atoms with Crippen molar-refractivity contribution in [2.24, 2.45) is 5.92 Å². The van der Waals surface area contributed by atoms with Gasteiger partial charge in [0.25, 0.3) is 0 Å². The lowest BCUT2D eigenvalue weighted by Crippen LogP contribution is -2.10. The van der Waals surface area contributed by atoms with Gasteiger partial charge in [0.05, 0.1) is 5.56 Å². The van der Waals surface area contributed by atoms with Gasteiger partial charge in [0.1, 0.15) is 6.61 Å². The van der Waals surface area contributed by atoms with Crippen molar-refractivity contribution in [2.75, 3.05) is 0 Å². The Morgan fingerprint density at radius 2 is 1.70 bits per heavy atom. The Morgan fingerprint density at radius 1 is 1.04 bits per heavy atom. The molecule has 1 aromatic carbocycles. The van der Waals surface area contributed by atoms with E-state index in [4.69, 9.17) is 16.3 Å². The molecule has 1 aromatic rings. The van der Waals surface area contributed by atoms with Crippen molar-refractivity contribution in [3.63, 3.8) is 0 Å². The van der Waals surface area contributed by atoms with Gasteiger partial charge >= 0.3 is 5.97 Å². The van der Waals surface area contributed by atoms with Crippen molar-refractivity contribution in [3.8, 4) is 0 Å². The highest BCUT2D eigenvalue weighted by Gasteiger charge is 2.14. The molecule has 0 N–H and O–H groups in total. The third-order valence-corrected chi connectivity index (χ3v) is 4.38. The van der Waals surface area contributed by atoms with E-state index in [1.807, 2.05) is 12.1 Å². The number of carbonyl (C=O) groups is 1. The summed E-state index contributed by atoms with van der Waals surface area (Å²) in [5, 5.41) is 0. The Labute approximate surface area is 146 Å². The summed E-state index contributed by atoms with van der Waals surface area (Å²) >= 11 is 5.76. The molecule has 0 aliphatic rings. The molecule has 1 unspecified atom stereocenters. The van der Waals surface area contributed by atoms with Crippen LogP contribution in [0.5, 0.6) is 0 Å². The highest BCUT2D eigenvalue weighted by atomic mass is 35.5. The molecule has 2 nitrogen and oxygen atoms in total. The predicted molar refractivity (Wildman–Crippen MR) is 97.5 cm³/mol. The average molecular weight is 338 g/mol. The lowest BCUT2D eigenvalue weighted by molar-refractivity contribution is 0.0559. The predicted octanol–water partition coefficient (Wildman–Crippen LogP) is 6.52. The fourth-order valence-electron chi connectivity index (χ4n) is 2.54. The van der Waals surface area contributed by atoms with E-state index in [1.54, 1.807) is 18.7 Å². The molecule has 0 saturated carbocycles. The van der Waals surface area contributed by atoms with Gasteiger partial charge < -0.3 is 4.74 Å². The molecule has 0 aromatic heterocycles. The van der Waals surface area contributed by atoms with Crippen LogP contribution in [0.4, 0.5) is 0 Å². The number of hydrogen-bond donors (Lipinski definition) is 0. The van der Waals surface area contributed by atoms with E-state index < -0.39 is 0 Å². The monoisotopic (exact) mass is 337 g/mol. The van der Waals surface area contributed by atoms with Gasteiger partial charge in [-0.15, -0.1) is 11.6 Å². The van der Waals surface area contributed by atoms with E-state index in [-0.39, 0.29) is 5.97 Å². The van der Waals surface area contributed by atoms with Crippen LogP contribution in [-0.2, 0) is 10.6 Å². The Balaban J connectivity index is 2.42. The molecule has 23 heavy (non-hydrogen) atoms. The minimum Gasteiger partial charge on any atom is -0.455 e. The fraction of sp³-hybridized carbons (Fsp3) is 0.600. The number of ether oxygens (including phenoxy) is 1. The maximum atomic E-state index is 12.1. The smallest absolute Gasteiger partial charge is 0.338 e. The second kappa shape index (κ2) is 12.4. The number of esters is 1. The summed E-state index contributed by atoms with van der Waals surface area (Å²) in [4.78, 5) is 12.1. The van der Waals surface area contributed by atoms with Crippen molar-refractivity contribution in [3.05, 3.63) is 42.0 Å². The Kier molecular flexibility index (Phi) is 10.8. The number of halogens is 1. The molecule has 0 bridgehead atoms. The molecule has 129 valence electrons. The molecule has 1 rings (SSSR count). The zero-order valence-electron chi connectivity index (χ0n) is 14.5. The van der Waals surface area contributed by atoms with Crippen molar-refractivity contribution < 1.29 is 9.53 Å². The first kappa shape index (κ1) is 20.0. The number of unbranched alkanes of at least 4 members (excludes halogenated alkanes) is 4. The summed E-state index contributed by atoms with van der Waals surface area (Å²) in [6, 6.07) is 7.28. The van der Waals surface area contributed by atoms with Crippen LogP contribution < -0.4 is 0 Å². The number of alkyl halides is 1. The van der Waals surface area contributed by atoms with E-state index >= 15 is 0 Å².